The number of allylic oxidation sites excluding steroid dienone is 2. The third-order valence-corrected chi connectivity index (χ3v) is 5.84. The fourth-order valence-corrected chi connectivity index (χ4v) is 4.22. The van der Waals surface area contributed by atoms with Crippen LogP contribution in [0, 0.1) is 0 Å². The monoisotopic (exact) mass is 498 g/mol. The normalized spacial score (nSPS) is 19.4. The number of aliphatic hydroxyl groups is 2. The number of phenols is 5. The van der Waals surface area contributed by atoms with Gasteiger partial charge in [0, 0.05) is 31.4 Å². The summed E-state index contributed by atoms with van der Waals surface area (Å²) < 4.78 is 10.5. The predicted octanol–water partition coefficient (Wildman–Crippen LogP) is 3.01. The van der Waals surface area contributed by atoms with E-state index in [4.69, 9.17) is 9.47 Å². The van der Waals surface area contributed by atoms with Crippen LogP contribution in [0.4, 0.5) is 0 Å². The molecule has 11 heteroatoms. The van der Waals surface area contributed by atoms with Crippen molar-refractivity contribution in [3.8, 4) is 28.7 Å². The number of phenolic OH excluding ortho intramolecular Hbond substituents is 5. The van der Waals surface area contributed by atoms with Gasteiger partial charge in [-0.3, -0.25) is 4.79 Å². The lowest BCUT2D eigenvalue weighted by Crippen LogP contribution is -2.30. The summed E-state index contributed by atoms with van der Waals surface area (Å²) in [6.07, 6.45) is 0.0339. The minimum absolute atomic E-state index is 0.0437. The number of hydrogen-bond acceptors (Lipinski definition) is 11. The van der Waals surface area contributed by atoms with Crippen molar-refractivity contribution < 1.29 is 54.8 Å². The Morgan fingerprint density at radius 3 is 2.17 bits per heavy atom. The first kappa shape index (κ1) is 24.3. The van der Waals surface area contributed by atoms with E-state index in [1.54, 1.807) is 0 Å². The summed E-state index contributed by atoms with van der Waals surface area (Å²) in [5.41, 5.74) is 1.39. The summed E-state index contributed by atoms with van der Waals surface area (Å²) in [4.78, 5) is 24.2. The second kappa shape index (κ2) is 9.10. The predicted molar refractivity (Wildman–Crippen MR) is 122 cm³/mol. The molecule has 11 nitrogen and oxygen atoms in total. The molecule has 2 aliphatic carbocycles. The van der Waals surface area contributed by atoms with E-state index < -0.39 is 52.6 Å². The Labute approximate surface area is 203 Å². The number of esters is 2. The zero-order chi connectivity index (χ0) is 26.3. The molecular formula is C25H22O11. The third-order valence-electron chi connectivity index (χ3n) is 5.84. The average molecular weight is 498 g/mol. The number of rotatable bonds is 3. The molecule has 4 rings (SSSR count). The maximum absolute atomic E-state index is 12.9. The summed E-state index contributed by atoms with van der Waals surface area (Å²) in [6.45, 7) is 1.10. The fourth-order valence-electron chi connectivity index (χ4n) is 4.22. The van der Waals surface area contributed by atoms with Crippen LogP contribution in [0.1, 0.15) is 34.8 Å². The molecule has 0 saturated heterocycles. The first-order valence-corrected chi connectivity index (χ1v) is 10.7. The lowest BCUT2D eigenvalue weighted by molar-refractivity contribution is -0.137. The fraction of sp³-hybridized carbons (Fsp3) is 0.200. The maximum atomic E-state index is 12.9. The van der Waals surface area contributed by atoms with Crippen LogP contribution >= 0.6 is 0 Å². The van der Waals surface area contributed by atoms with Crippen molar-refractivity contribution in [1.82, 2.24) is 0 Å². The number of benzene rings is 2. The highest BCUT2D eigenvalue weighted by molar-refractivity contribution is 5.91. The smallest absolute Gasteiger partial charge is 0.339 e. The van der Waals surface area contributed by atoms with E-state index in [2.05, 4.69) is 0 Å². The van der Waals surface area contributed by atoms with Crippen molar-refractivity contribution in [2.45, 2.75) is 32.3 Å². The van der Waals surface area contributed by atoms with E-state index in [9.17, 15) is 45.3 Å². The van der Waals surface area contributed by atoms with E-state index in [-0.39, 0.29) is 36.3 Å². The van der Waals surface area contributed by atoms with Gasteiger partial charge in [-0.25, -0.2) is 4.79 Å². The third kappa shape index (κ3) is 4.58. The minimum atomic E-state index is -1.04. The topological polar surface area (TPSA) is 194 Å². The summed E-state index contributed by atoms with van der Waals surface area (Å²) >= 11 is 0. The maximum Gasteiger partial charge on any atom is 0.339 e. The van der Waals surface area contributed by atoms with Crippen LogP contribution in [0.25, 0.3) is 0 Å². The molecule has 0 saturated carbocycles. The molecule has 36 heavy (non-hydrogen) atoms. The SMILES string of the molecule is CC(=O)OC1=C(O)C/C(=C2\Cc3cc(O)cc(O)c3C[C@H]2OC(=O)c2cc(O)c(O)c(O)c2)C=C1O. The molecule has 0 aliphatic heterocycles. The van der Waals surface area contributed by atoms with E-state index in [1.165, 1.54) is 12.1 Å². The highest BCUT2D eigenvalue weighted by atomic mass is 16.6. The molecule has 7 N–H and O–H groups in total. The first-order valence-electron chi connectivity index (χ1n) is 10.7. The van der Waals surface area contributed by atoms with Gasteiger partial charge >= 0.3 is 11.9 Å². The molecule has 0 heterocycles. The Bertz CT molecular complexity index is 1360. The van der Waals surface area contributed by atoms with Crippen LogP contribution in [-0.2, 0) is 27.1 Å². The van der Waals surface area contributed by atoms with Crippen LogP contribution in [0.2, 0.25) is 0 Å². The Morgan fingerprint density at radius 1 is 0.889 bits per heavy atom. The summed E-state index contributed by atoms with van der Waals surface area (Å²) in [5, 5.41) is 70.1. The molecule has 0 radical (unpaired) electrons. The van der Waals surface area contributed by atoms with Crippen LogP contribution in [0.5, 0.6) is 28.7 Å². The molecule has 2 aromatic rings. The second-order valence-corrected chi connectivity index (χ2v) is 8.37. The lowest BCUT2D eigenvalue weighted by Gasteiger charge is -2.31. The van der Waals surface area contributed by atoms with Crippen molar-refractivity contribution in [3.05, 3.63) is 75.5 Å². The number of carbonyl (C=O) groups is 2. The highest BCUT2D eigenvalue weighted by Gasteiger charge is 2.33. The van der Waals surface area contributed by atoms with Gasteiger partial charge in [-0.1, -0.05) is 0 Å². The molecule has 0 aromatic heterocycles. The van der Waals surface area contributed by atoms with E-state index >= 15 is 0 Å². The zero-order valence-corrected chi connectivity index (χ0v) is 18.8. The number of aliphatic hydroxyl groups excluding tert-OH is 2. The molecule has 2 aromatic carbocycles. The van der Waals surface area contributed by atoms with Crippen molar-refractivity contribution >= 4 is 11.9 Å². The lowest BCUT2D eigenvalue weighted by atomic mass is 9.81. The van der Waals surface area contributed by atoms with Gasteiger partial charge in [0.2, 0.25) is 5.76 Å². The van der Waals surface area contributed by atoms with Crippen molar-refractivity contribution in [3.63, 3.8) is 0 Å². The van der Waals surface area contributed by atoms with Gasteiger partial charge in [-0.15, -0.1) is 0 Å². The van der Waals surface area contributed by atoms with Gasteiger partial charge in [0.05, 0.1) is 5.56 Å². The molecule has 2 aliphatic rings. The Kier molecular flexibility index (Phi) is 6.15. The number of fused-ring (bicyclic) bond motifs is 1. The van der Waals surface area contributed by atoms with Gasteiger partial charge in [-0.2, -0.15) is 0 Å². The van der Waals surface area contributed by atoms with Gasteiger partial charge in [-0.05, 0) is 47.4 Å². The van der Waals surface area contributed by atoms with Crippen LogP contribution in [0.15, 0.2) is 58.8 Å². The molecule has 0 amide bonds. The van der Waals surface area contributed by atoms with Crippen LogP contribution in [-0.4, -0.2) is 53.8 Å². The van der Waals surface area contributed by atoms with E-state index in [1.807, 2.05) is 0 Å². The van der Waals surface area contributed by atoms with E-state index in [0.717, 1.165) is 25.1 Å². The molecular weight excluding hydrogens is 476 g/mol. The minimum Gasteiger partial charge on any atom is -0.508 e. The molecule has 0 spiro atoms. The number of hydrogen-bond donors (Lipinski definition) is 7. The number of ether oxygens (including phenoxy) is 2. The standard InChI is InChI=1S/C25H22O11/c1-10(26)35-24-20(31)4-12(5-21(24)32)16-3-11-2-14(27)8-17(28)15(11)9-22(16)36-25(34)13-6-18(29)23(33)19(30)7-13/h2,4,6-8,22,27-33H,3,5,9H2,1H3/b16-12+/t22-/m1/s1. The number of aromatic hydroxyl groups is 5. The highest BCUT2D eigenvalue weighted by Crippen LogP contribution is 2.41. The van der Waals surface area contributed by atoms with Crippen LogP contribution in [0.3, 0.4) is 0 Å². The average Bonchev–Trinajstić information content (AvgIpc) is 2.79. The quantitative estimate of drug-likeness (QED) is 0.243. The largest absolute Gasteiger partial charge is 0.508 e. The molecule has 0 bridgehead atoms. The van der Waals surface area contributed by atoms with Crippen molar-refractivity contribution in [2.75, 3.05) is 0 Å². The Balaban J connectivity index is 1.76. The van der Waals surface area contributed by atoms with Crippen molar-refractivity contribution in [2.24, 2.45) is 0 Å². The first-order chi connectivity index (χ1) is 16.9. The molecule has 1 atom stereocenters. The molecule has 0 fully saturated rings. The molecule has 188 valence electrons. The van der Waals surface area contributed by atoms with Gasteiger partial charge in [0.15, 0.2) is 23.0 Å². The summed E-state index contributed by atoms with van der Waals surface area (Å²) in [5.74, 6) is -5.80. The zero-order valence-electron chi connectivity index (χ0n) is 18.8. The van der Waals surface area contributed by atoms with Gasteiger partial charge in [0.25, 0.3) is 0 Å². The summed E-state index contributed by atoms with van der Waals surface area (Å²) in [7, 11) is 0. The van der Waals surface area contributed by atoms with Gasteiger partial charge < -0.3 is 45.2 Å². The van der Waals surface area contributed by atoms with Crippen LogP contribution < -0.4 is 0 Å². The summed E-state index contributed by atoms with van der Waals surface area (Å²) in [6, 6.07) is 4.37. The second-order valence-electron chi connectivity index (χ2n) is 8.37. The van der Waals surface area contributed by atoms with Crippen molar-refractivity contribution in [1.29, 1.82) is 0 Å². The Morgan fingerprint density at radius 2 is 1.56 bits per heavy atom. The van der Waals surface area contributed by atoms with E-state index in [0.29, 0.717) is 22.3 Å². The number of carbonyl (C=O) groups excluding carboxylic acids is 2. The molecule has 0 unspecified atom stereocenters. The Hall–Kier alpha value is -4.80. The van der Waals surface area contributed by atoms with Gasteiger partial charge in [0.1, 0.15) is 23.4 Å².